The first kappa shape index (κ1) is 24.1. The van der Waals surface area contributed by atoms with Gasteiger partial charge >= 0.3 is 0 Å². The van der Waals surface area contributed by atoms with E-state index in [-0.39, 0.29) is 25.1 Å². The summed E-state index contributed by atoms with van der Waals surface area (Å²) in [4.78, 5) is 18.9. The maximum absolute atomic E-state index is 12.8. The van der Waals surface area contributed by atoms with E-state index < -0.39 is 0 Å². The van der Waals surface area contributed by atoms with Crippen LogP contribution in [0.2, 0.25) is 0 Å². The van der Waals surface area contributed by atoms with E-state index >= 15 is 0 Å². The lowest BCUT2D eigenvalue weighted by molar-refractivity contribution is -0.136. The molecule has 31 heavy (non-hydrogen) atoms. The molecule has 0 saturated heterocycles. The third-order valence-electron chi connectivity index (χ3n) is 4.67. The fraction of sp³-hybridized carbons (Fsp3) is 0.400. The molecule has 2 aromatic rings. The number of amides is 1. The third kappa shape index (κ3) is 7.55. The van der Waals surface area contributed by atoms with Gasteiger partial charge in [-0.25, -0.2) is 0 Å². The second-order valence-electron chi connectivity index (χ2n) is 7.47. The summed E-state index contributed by atoms with van der Waals surface area (Å²) in [5.74, 6) is 1.36. The Morgan fingerprint density at radius 3 is 2.61 bits per heavy atom. The van der Waals surface area contributed by atoms with Crippen LogP contribution in [0.15, 0.2) is 59.7 Å². The maximum Gasteiger partial charge on any atom is 0.261 e. The molecule has 0 aliphatic rings. The van der Waals surface area contributed by atoms with E-state index in [9.17, 15) is 4.79 Å². The van der Waals surface area contributed by atoms with Crippen molar-refractivity contribution in [1.29, 1.82) is 0 Å². The Hall–Kier alpha value is -3.15. The molecule has 166 valence electrons. The molecule has 1 aromatic heterocycles. The second-order valence-corrected chi connectivity index (χ2v) is 7.47. The topological polar surface area (TPSA) is 68.5 Å². The summed E-state index contributed by atoms with van der Waals surface area (Å²) in [6, 6.07) is 7.82. The molecule has 0 spiro atoms. The Balaban J connectivity index is 2.01. The van der Waals surface area contributed by atoms with Crippen molar-refractivity contribution in [2.24, 2.45) is 0 Å². The van der Waals surface area contributed by atoms with Gasteiger partial charge in [0.15, 0.2) is 6.61 Å². The van der Waals surface area contributed by atoms with Crippen LogP contribution >= 0.6 is 0 Å². The predicted octanol–water partition coefficient (Wildman–Crippen LogP) is 5.37. The number of hydrogen-bond donors (Lipinski definition) is 0. The van der Waals surface area contributed by atoms with Gasteiger partial charge in [-0.05, 0) is 44.4 Å². The van der Waals surface area contributed by atoms with Crippen LogP contribution in [0.25, 0.3) is 5.57 Å². The van der Waals surface area contributed by atoms with Gasteiger partial charge in [0.05, 0.1) is 0 Å². The molecule has 0 N–H and O–H groups in total. The number of ether oxygens (including phenoxy) is 1. The molecule has 1 aromatic carbocycles. The van der Waals surface area contributed by atoms with Gasteiger partial charge in [0.1, 0.15) is 12.3 Å². The van der Waals surface area contributed by atoms with Crippen molar-refractivity contribution in [2.45, 2.75) is 59.5 Å². The van der Waals surface area contributed by atoms with E-state index in [0.29, 0.717) is 17.5 Å². The monoisotopic (exact) mass is 423 g/mol. The zero-order valence-electron chi connectivity index (χ0n) is 19.0. The molecule has 1 heterocycles. The van der Waals surface area contributed by atoms with Gasteiger partial charge in [0.2, 0.25) is 11.7 Å². The zero-order chi connectivity index (χ0) is 22.6. The molecule has 0 radical (unpaired) electrons. The third-order valence-corrected chi connectivity index (χ3v) is 4.67. The minimum absolute atomic E-state index is 0.0414. The number of aryl methyl sites for hydroxylation is 1. The fourth-order valence-electron chi connectivity index (χ4n) is 2.95. The van der Waals surface area contributed by atoms with Crippen LogP contribution in [0, 0.1) is 0 Å². The SMILES string of the molecule is C=C/C(=C\C=C/CC)c1noc(CN(C(=O)COc2ccc(CCC)cc2)C(C)C)n1. The van der Waals surface area contributed by atoms with Crippen LogP contribution in [0.1, 0.15) is 57.8 Å². The van der Waals surface area contributed by atoms with E-state index in [4.69, 9.17) is 9.26 Å². The van der Waals surface area contributed by atoms with Crippen molar-refractivity contribution in [1.82, 2.24) is 15.0 Å². The number of benzene rings is 1. The highest BCUT2D eigenvalue weighted by molar-refractivity contribution is 5.78. The highest BCUT2D eigenvalue weighted by Gasteiger charge is 2.21. The normalized spacial score (nSPS) is 11.8. The molecular formula is C25H33N3O3. The second kappa shape index (κ2) is 12.5. The standard InChI is InChI=1S/C25H33N3O3/c1-6-9-10-12-21(8-3)25-26-23(31-27-25)17-28(19(4)5)24(29)18-30-22-15-13-20(11-7-2)14-16-22/h8-10,12-16,19H,3,6-7,11,17-18H2,1-2,4-5H3/b10-9-,21-12+. The average molecular weight is 424 g/mol. The summed E-state index contributed by atoms with van der Waals surface area (Å²) in [6.45, 7) is 12.1. The molecule has 1 amide bonds. The summed E-state index contributed by atoms with van der Waals surface area (Å²) in [5, 5.41) is 4.03. The Morgan fingerprint density at radius 1 is 1.26 bits per heavy atom. The molecule has 0 bridgehead atoms. The molecule has 0 aliphatic carbocycles. The van der Waals surface area contributed by atoms with Crippen LogP contribution in [0.4, 0.5) is 0 Å². The molecule has 6 heteroatoms. The molecule has 0 atom stereocenters. The quantitative estimate of drug-likeness (QED) is 0.429. The number of hydrogen-bond acceptors (Lipinski definition) is 5. The number of carbonyl (C=O) groups excluding carboxylic acids is 1. The van der Waals surface area contributed by atoms with E-state index in [1.54, 1.807) is 11.0 Å². The Morgan fingerprint density at radius 2 is 2.00 bits per heavy atom. The first-order chi connectivity index (χ1) is 15.0. The maximum atomic E-state index is 12.8. The lowest BCUT2D eigenvalue weighted by Crippen LogP contribution is -2.39. The summed E-state index contributed by atoms with van der Waals surface area (Å²) < 4.78 is 11.1. The number of nitrogens with zero attached hydrogens (tertiary/aromatic N) is 3. The van der Waals surface area contributed by atoms with Crippen molar-refractivity contribution >= 4 is 11.5 Å². The van der Waals surface area contributed by atoms with E-state index in [1.807, 2.05) is 56.3 Å². The Bertz CT molecular complexity index is 895. The minimum atomic E-state index is -0.141. The number of allylic oxidation sites excluding steroid dienone is 5. The van der Waals surface area contributed by atoms with Crippen LogP contribution < -0.4 is 4.74 Å². The molecule has 6 nitrogen and oxygen atoms in total. The smallest absolute Gasteiger partial charge is 0.261 e. The number of carbonyl (C=O) groups is 1. The number of aromatic nitrogens is 2. The van der Waals surface area contributed by atoms with Crippen molar-refractivity contribution < 1.29 is 14.1 Å². The lowest BCUT2D eigenvalue weighted by atomic mass is 10.1. The van der Waals surface area contributed by atoms with Crippen molar-refractivity contribution in [3.63, 3.8) is 0 Å². The Labute approximate surface area is 185 Å². The van der Waals surface area contributed by atoms with Gasteiger partial charge in [-0.3, -0.25) is 4.79 Å². The van der Waals surface area contributed by atoms with Crippen molar-refractivity contribution in [3.8, 4) is 5.75 Å². The van der Waals surface area contributed by atoms with Gasteiger partial charge in [0.25, 0.3) is 5.91 Å². The van der Waals surface area contributed by atoms with Gasteiger partial charge < -0.3 is 14.2 Å². The van der Waals surface area contributed by atoms with Gasteiger partial charge in [0, 0.05) is 11.6 Å². The van der Waals surface area contributed by atoms with Gasteiger partial charge in [-0.2, -0.15) is 4.98 Å². The molecular weight excluding hydrogens is 390 g/mol. The highest BCUT2D eigenvalue weighted by atomic mass is 16.5. The summed E-state index contributed by atoms with van der Waals surface area (Å²) in [5.41, 5.74) is 2.02. The first-order valence-corrected chi connectivity index (χ1v) is 10.8. The van der Waals surface area contributed by atoms with E-state index in [2.05, 4.69) is 30.6 Å². The molecule has 0 saturated carbocycles. The van der Waals surface area contributed by atoms with Gasteiger partial charge in [-0.15, -0.1) is 0 Å². The number of rotatable bonds is 12. The largest absolute Gasteiger partial charge is 0.484 e. The van der Waals surface area contributed by atoms with Crippen LogP contribution in [0.3, 0.4) is 0 Å². The van der Waals surface area contributed by atoms with Crippen LogP contribution in [0.5, 0.6) is 5.75 Å². The Kier molecular flexibility index (Phi) is 9.75. The molecule has 0 aliphatic heterocycles. The molecule has 0 unspecified atom stereocenters. The van der Waals surface area contributed by atoms with Crippen molar-refractivity contribution in [3.05, 3.63) is 72.4 Å². The molecule has 2 rings (SSSR count). The summed E-state index contributed by atoms with van der Waals surface area (Å²) in [6.07, 6.45) is 10.6. The van der Waals surface area contributed by atoms with E-state index in [0.717, 1.165) is 24.8 Å². The molecule has 0 fully saturated rings. The van der Waals surface area contributed by atoms with Crippen LogP contribution in [-0.4, -0.2) is 33.6 Å². The summed E-state index contributed by atoms with van der Waals surface area (Å²) in [7, 11) is 0. The van der Waals surface area contributed by atoms with E-state index in [1.165, 1.54) is 5.56 Å². The highest BCUT2D eigenvalue weighted by Crippen LogP contribution is 2.16. The van der Waals surface area contributed by atoms with Crippen LogP contribution in [-0.2, 0) is 17.8 Å². The zero-order valence-corrected chi connectivity index (χ0v) is 19.0. The lowest BCUT2D eigenvalue weighted by Gasteiger charge is -2.25. The fourth-order valence-corrected chi connectivity index (χ4v) is 2.95. The predicted molar refractivity (Wildman–Crippen MR) is 124 cm³/mol. The first-order valence-electron chi connectivity index (χ1n) is 10.8. The summed E-state index contributed by atoms with van der Waals surface area (Å²) >= 11 is 0. The van der Waals surface area contributed by atoms with Crippen molar-refractivity contribution in [2.75, 3.05) is 6.61 Å². The van der Waals surface area contributed by atoms with Gasteiger partial charge in [-0.1, -0.05) is 68.4 Å². The average Bonchev–Trinajstić information content (AvgIpc) is 3.23. The minimum Gasteiger partial charge on any atom is -0.484 e.